The topological polar surface area (TPSA) is 119 Å². The molecule has 2 aromatic rings. The van der Waals surface area contributed by atoms with Gasteiger partial charge in [-0.3, -0.25) is 24.5 Å². The van der Waals surface area contributed by atoms with Crippen LogP contribution in [0, 0.1) is 16.0 Å². The van der Waals surface area contributed by atoms with E-state index in [0.29, 0.717) is 5.69 Å². The molecule has 30 heavy (non-hydrogen) atoms. The third kappa shape index (κ3) is 4.99. The number of hydrogen-bond acceptors (Lipinski definition) is 6. The van der Waals surface area contributed by atoms with Crippen molar-refractivity contribution in [3.63, 3.8) is 0 Å². The van der Waals surface area contributed by atoms with Gasteiger partial charge in [0.05, 0.1) is 22.6 Å². The summed E-state index contributed by atoms with van der Waals surface area (Å²) >= 11 is 0. The summed E-state index contributed by atoms with van der Waals surface area (Å²) in [6.45, 7) is 1.42. The van der Waals surface area contributed by atoms with Gasteiger partial charge in [-0.1, -0.05) is 36.4 Å². The maximum absolute atomic E-state index is 12.3. The highest BCUT2D eigenvalue weighted by Crippen LogP contribution is 2.28. The summed E-state index contributed by atoms with van der Waals surface area (Å²) in [5.41, 5.74) is 1.13. The maximum atomic E-state index is 12.3. The van der Waals surface area contributed by atoms with E-state index in [0.717, 1.165) is 5.56 Å². The Kier molecular flexibility index (Phi) is 6.41. The minimum absolute atomic E-state index is 0.0425. The summed E-state index contributed by atoms with van der Waals surface area (Å²) in [7, 11) is 0. The first-order valence-electron chi connectivity index (χ1n) is 9.41. The Morgan fingerprint density at radius 2 is 1.97 bits per heavy atom. The predicted octanol–water partition coefficient (Wildman–Crippen LogP) is 2.37. The molecule has 0 aliphatic carbocycles. The third-order valence-corrected chi connectivity index (χ3v) is 4.83. The van der Waals surface area contributed by atoms with Crippen LogP contribution in [0.25, 0.3) is 0 Å². The SMILES string of the molecule is C[C@@H](NC(=O)COC(=O)[C@H]1CC(=O)N(c2cccc([N+](=O)[O-])c2)C1)c1ccccc1. The number of anilines is 1. The van der Waals surface area contributed by atoms with Gasteiger partial charge in [-0.05, 0) is 18.6 Å². The number of nitro benzene ring substituents is 1. The summed E-state index contributed by atoms with van der Waals surface area (Å²) < 4.78 is 5.08. The number of nitrogens with zero attached hydrogens (tertiary/aromatic N) is 2. The lowest BCUT2D eigenvalue weighted by atomic mass is 10.1. The van der Waals surface area contributed by atoms with Gasteiger partial charge >= 0.3 is 5.97 Å². The van der Waals surface area contributed by atoms with Gasteiger partial charge in [0.1, 0.15) is 0 Å². The van der Waals surface area contributed by atoms with Crippen molar-refractivity contribution in [3.8, 4) is 0 Å². The van der Waals surface area contributed by atoms with E-state index in [1.807, 2.05) is 37.3 Å². The van der Waals surface area contributed by atoms with Crippen LogP contribution >= 0.6 is 0 Å². The second-order valence-electron chi connectivity index (χ2n) is 6.99. The first kappa shape index (κ1) is 21.0. The normalized spacial score (nSPS) is 16.8. The van der Waals surface area contributed by atoms with Crippen molar-refractivity contribution in [3.05, 3.63) is 70.3 Å². The predicted molar refractivity (Wildman–Crippen MR) is 108 cm³/mol. The standard InChI is InChI=1S/C21H21N3O6/c1-14(15-6-3-2-4-7-15)22-19(25)13-30-21(27)16-10-20(26)23(12-16)17-8-5-9-18(11-17)24(28)29/h2-9,11,14,16H,10,12-13H2,1H3,(H,22,25)/t14-,16+/m1/s1. The van der Waals surface area contributed by atoms with Crippen LogP contribution in [0.15, 0.2) is 54.6 Å². The molecule has 0 saturated carbocycles. The number of rotatable bonds is 7. The van der Waals surface area contributed by atoms with Gasteiger partial charge in [0.25, 0.3) is 11.6 Å². The van der Waals surface area contributed by atoms with E-state index in [1.54, 1.807) is 6.07 Å². The Bertz CT molecular complexity index is 962. The number of benzene rings is 2. The van der Waals surface area contributed by atoms with E-state index in [2.05, 4.69) is 5.32 Å². The molecular weight excluding hydrogens is 390 g/mol. The Morgan fingerprint density at radius 3 is 2.67 bits per heavy atom. The number of hydrogen-bond donors (Lipinski definition) is 1. The highest BCUT2D eigenvalue weighted by atomic mass is 16.6. The molecule has 1 fully saturated rings. The van der Waals surface area contributed by atoms with E-state index in [1.165, 1.54) is 23.1 Å². The number of ether oxygens (including phenoxy) is 1. The van der Waals surface area contributed by atoms with Gasteiger partial charge in [0.2, 0.25) is 5.91 Å². The molecule has 2 aromatic carbocycles. The van der Waals surface area contributed by atoms with Gasteiger partial charge in [-0.15, -0.1) is 0 Å². The molecule has 156 valence electrons. The lowest BCUT2D eigenvalue weighted by Gasteiger charge is -2.17. The summed E-state index contributed by atoms with van der Waals surface area (Å²) in [5.74, 6) is -2.17. The van der Waals surface area contributed by atoms with E-state index in [-0.39, 0.29) is 30.6 Å². The van der Waals surface area contributed by atoms with Gasteiger partial charge in [0, 0.05) is 25.1 Å². The van der Waals surface area contributed by atoms with Crippen LogP contribution in [-0.2, 0) is 19.1 Å². The molecule has 1 aliphatic rings. The molecule has 9 nitrogen and oxygen atoms in total. The van der Waals surface area contributed by atoms with Crippen molar-refractivity contribution < 1.29 is 24.0 Å². The molecule has 0 spiro atoms. The van der Waals surface area contributed by atoms with Crippen LogP contribution in [-0.4, -0.2) is 35.9 Å². The van der Waals surface area contributed by atoms with Gasteiger partial charge < -0.3 is 15.0 Å². The zero-order chi connectivity index (χ0) is 21.7. The average Bonchev–Trinajstić information content (AvgIpc) is 3.14. The van der Waals surface area contributed by atoms with Crippen LogP contribution < -0.4 is 10.2 Å². The summed E-state index contributed by atoms with van der Waals surface area (Å²) in [6, 6.07) is 14.8. The molecule has 1 saturated heterocycles. The fraction of sp³-hybridized carbons (Fsp3) is 0.286. The van der Waals surface area contributed by atoms with Crippen LogP contribution in [0.4, 0.5) is 11.4 Å². The molecule has 9 heteroatoms. The van der Waals surface area contributed by atoms with Crippen molar-refractivity contribution in [1.82, 2.24) is 5.32 Å². The molecule has 0 aromatic heterocycles. The van der Waals surface area contributed by atoms with Crippen LogP contribution in [0.3, 0.4) is 0 Å². The van der Waals surface area contributed by atoms with Gasteiger partial charge in [0.15, 0.2) is 6.61 Å². The molecule has 1 heterocycles. The largest absolute Gasteiger partial charge is 0.455 e. The minimum Gasteiger partial charge on any atom is -0.455 e. The van der Waals surface area contributed by atoms with Gasteiger partial charge in [-0.2, -0.15) is 0 Å². The molecule has 3 rings (SSSR count). The highest BCUT2D eigenvalue weighted by Gasteiger charge is 2.36. The van der Waals surface area contributed by atoms with E-state index in [9.17, 15) is 24.5 Å². The lowest BCUT2D eigenvalue weighted by molar-refractivity contribution is -0.384. The molecule has 0 unspecified atom stereocenters. The van der Waals surface area contributed by atoms with E-state index in [4.69, 9.17) is 4.74 Å². The molecule has 2 atom stereocenters. The zero-order valence-electron chi connectivity index (χ0n) is 16.3. The number of carbonyl (C=O) groups excluding carboxylic acids is 3. The molecular formula is C21H21N3O6. The van der Waals surface area contributed by atoms with E-state index < -0.39 is 29.3 Å². The monoisotopic (exact) mass is 411 g/mol. The molecule has 1 aliphatic heterocycles. The Balaban J connectivity index is 1.53. The number of carbonyl (C=O) groups is 3. The highest BCUT2D eigenvalue weighted by molar-refractivity contribution is 5.99. The number of nitro groups is 1. The maximum Gasteiger partial charge on any atom is 0.311 e. The quantitative estimate of drug-likeness (QED) is 0.424. The second-order valence-corrected chi connectivity index (χ2v) is 6.99. The summed E-state index contributed by atoms with van der Waals surface area (Å²) in [5, 5.41) is 13.7. The van der Waals surface area contributed by atoms with Crippen molar-refractivity contribution in [2.45, 2.75) is 19.4 Å². The molecule has 2 amide bonds. The van der Waals surface area contributed by atoms with Crippen molar-refractivity contribution in [1.29, 1.82) is 0 Å². The Labute approximate surface area is 172 Å². The first-order chi connectivity index (χ1) is 14.3. The molecule has 0 bridgehead atoms. The Hall–Kier alpha value is -3.75. The minimum atomic E-state index is -0.740. The van der Waals surface area contributed by atoms with Gasteiger partial charge in [-0.25, -0.2) is 0 Å². The van der Waals surface area contributed by atoms with Crippen LogP contribution in [0.5, 0.6) is 0 Å². The third-order valence-electron chi connectivity index (χ3n) is 4.83. The fourth-order valence-corrected chi connectivity index (χ4v) is 3.25. The fourth-order valence-electron chi connectivity index (χ4n) is 3.25. The lowest BCUT2D eigenvalue weighted by Crippen LogP contribution is -2.32. The number of amides is 2. The molecule has 1 N–H and O–H groups in total. The zero-order valence-corrected chi connectivity index (χ0v) is 16.3. The first-order valence-corrected chi connectivity index (χ1v) is 9.41. The van der Waals surface area contributed by atoms with Crippen molar-refractivity contribution >= 4 is 29.2 Å². The molecule has 0 radical (unpaired) electrons. The van der Waals surface area contributed by atoms with E-state index >= 15 is 0 Å². The van der Waals surface area contributed by atoms with Crippen LogP contribution in [0.2, 0.25) is 0 Å². The smallest absolute Gasteiger partial charge is 0.311 e. The van der Waals surface area contributed by atoms with Crippen molar-refractivity contribution in [2.75, 3.05) is 18.1 Å². The summed E-state index contributed by atoms with van der Waals surface area (Å²) in [6.07, 6.45) is -0.0798. The van der Waals surface area contributed by atoms with Crippen LogP contribution in [0.1, 0.15) is 24.9 Å². The second kappa shape index (κ2) is 9.17. The number of non-ortho nitro benzene ring substituents is 1. The average molecular weight is 411 g/mol. The summed E-state index contributed by atoms with van der Waals surface area (Å²) in [4.78, 5) is 48.4. The Morgan fingerprint density at radius 1 is 1.23 bits per heavy atom. The number of esters is 1. The number of nitrogens with one attached hydrogen (secondary N) is 1. The van der Waals surface area contributed by atoms with Crippen molar-refractivity contribution in [2.24, 2.45) is 5.92 Å².